The van der Waals surface area contributed by atoms with Gasteiger partial charge in [0.05, 0.1) is 45.1 Å². The Bertz CT molecular complexity index is 2070. The number of methoxy groups -OCH3 is 1. The number of anilines is 5. The molecular weight excluding hydrogens is 662 g/mol. The van der Waals surface area contributed by atoms with Crippen LogP contribution in [0.15, 0.2) is 58.3 Å². The number of carbonyl (C=O) groups is 2. The van der Waals surface area contributed by atoms with Crippen molar-refractivity contribution in [2.24, 2.45) is 0 Å². The van der Waals surface area contributed by atoms with E-state index < -0.39 is 52.8 Å². The summed E-state index contributed by atoms with van der Waals surface area (Å²) in [5.41, 5.74) is 3.47. The normalized spacial score (nSPS) is 12.3. The molecule has 0 amide bonds. The largest absolute Gasteiger partial charge is 1.00 e. The van der Waals surface area contributed by atoms with Crippen molar-refractivity contribution in [3.05, 3.63) is 76.1 Å². The Morgan fingerprint density at radius 2 is 1.39 bits per heavy atom. The minimum absolute atomic E-state index is 0. The van der Waals surface area contributed by atoms with Crippen molar-refractivity contribution in [1.82, 2.24) is 15.0 Å². The number of benzene rings is 3. The summed E-state index contributed by atoms with van der Waals surface area (Å²) in [4.78, 5) is 36.3. The fourth-order valence-electron chi connectivity index (χ4n) is 4.26. The molecule has 0 saturated carbocycles. The van der Waals surface area contributed by atoms with Gasteiger partial charge in [-0.25, -0.2) is 16.8 Å². The monoisotopic (exact) mass is 676 g/mol. The molecule has 0 unspecified atom stereocenters. The van der Waals surface area contributed by atoms with Crippen LogP contribution in [0, 0.1) is 0 Å². The Kier molecular flexibility index (Phi) is 10.9. The number of ether oxygens (including phenoxy) is 1. The molecule has 5 rings (SSSR count). The minimum Gasteiger partial charge on any atom is -0.744 e. The number of nitrogens with zero attached hydrogens (tertiary/aromatic N) is 3. The molecule has 1 heterocycles. The van der Waals surface area contributed by atoms with E-state index in [-0.39, 0.29) is 110 Å². The Balaban J connectivity index is 0.00000264. The standard InChI is InChI=1S/C24H17ClN6O9S2.2Na/c1-40-24-30-22(25)29-23(31-24)28-13-7-6-10(8-15(13)41(34,35)36)27-14-9-16(42(37,38)39)19(26)18-17(14)20(32)11-4-2-3-5-12(11)21(18)33;;/h2-9,27H,26H2,1H3,(H,34,35,36)(H,37,38,39)(H,28,29,30,31);;/q;2*+1/p-2. The first-order chi connectivity index (χ1) is 19.7. The number of rotatable bonds is 7. The molecule has 0 fully saturated rings. The van der Waals surface area contributed by atoms with Crippen LogP contribution in [0.5, 0.6) is 6.01 Å². The Morgan fingerprint density at radius 3 is 1.95 bits per heavy atom. The Labute approximate surface area is 299 Å². The van der Waals surface area contributed by atoms with Gasteiger partial charge < -0.3 is 30.2 Å². The number of nitrogens with two attached hydrogens (primary N) is 1. The van der Waals surface area contributed by atoms with Gasteiger partial charge in [0, 0.05) is 16.8 Å². The Morgan fingerprint density at radius 1 is 0.795 bits per heavy atom. The van der Waals surface area contributed by atoms with Gasteiger partial charge in [-0.2, -0.15) is 15.0 Å². The van der Waals surface area contributed by atoms with Crippen LogP contribution in [-0.4, -0.2) is 59.6 Å². The molecule has 1 aliphatic carbocycles. The maximum absolute atomic E-state index is 13.5. The van der Waals surface area contributed by atoms with E-state index in [0.717, 1.165) is 18.2 Å². The number of carbonyl (C=O) groups excluding carboxylic acids is 2. The van der Waals surface area contributed by atoms with Crippen LogP contribution in [0.2, 0.25) is 5.28 Å². The smallest absolute Gasteiger partial charge is 0.744 e. The third-order valence-corrected chi connectivity index (χ3v) is 7.94. The molecule has 0 spiro atoms. The van der Waals surface area contributed by atoms with Gasteiger partial charge in [0.1, 0.15) is 20.2 Å². The molecule has 4 N–H and O–H groups in total. The molecule has 0 aliphatic heterocycles. The first-order valence-electron chi connectivity index (χ1n) is 11.4. The summed E-state index contributed by atoms with van der Waals surface area (Å²) in [6.45, 7) is 0. The maximum atomic E-state index is 13.5. The van der Waals surface area contributed by atoms with E-state index in [0.29, 0.717) is 0 Å². The number of fused-ring (bicyclic) bond motifs is 2. The van der Waals surface area contributed by atoms with E-state index in [1.165, 1.54) is 37.4 Å². The van der Waals surface area contributed by atoms with Gasteiger partial charge in [0.25, 0.3) is 0 Å². The van der Waals surface area contributed by atoms with Crippen molar-refractivity contribution < 1.29 is 99.4 Å². The molecule has 216 valence electrons. The second kappa shape index (κ2) is 13.4. The zero-order chi connectivity index (χ0) is 30.6. The molecular formula is C24H15ClN6Na2O9S2. The minimum atomic E-state index is -5.26. The summed E-state index contributed by atoms with van der Waals surface area (Å²) < 4.78 is 77.5. The van der Waals surface area contributed by atoms with E-state index in [1.54, 1.807) is 0 Å². The van der Waals surface area contributed by atoms with Gasteiger partial charge in [-0.05, 0) is 35.9 Å². The average Bonchev–Trinajstić information content (AvgIpc) is 2.91. The molecule has 44 heavy (non-hydrogen) atoms. The van der Waals surface area contributed by atoms with Crippen LogP contribution >= 0.6 is 11.6 Å². The quantitative estimate of drug-likeness (QED) is 0.0849. The van der Waals surface area contributed by atoms with E-state index in [2.05, 4.69) is 25.6 Å². The molecule has 3 aromatic carbocycles. The third kappa shape index (κ3) is 6.92. The van der Waals surface area contributed by atoms with Crippen LogP contribution in [0.3, 0.4) is 0 Å². The number of halogens is 1. The average molecular weight is 677 g/mol. The van der Waals surface area contributed by atoms with Crippen LogP contribution in [-0.2, 0) is 20.2 Å². The molecule has 0 atom stereocenters. The van der Waals surface area contributed by atoms with E-state index in [9.17, 15) is 35.5 Å². The van der Waals surface area contributed by atoms with Crippen LogP contribution in [0.1, 0.15) is 31.8 Å². The third-order valence-electron chi connectivity index (χ3n) is 6.02. The van der Waals surface area contributed by atoms with E-state index in [4.69, 9.17) is 22.1 Å². The van der Waals surface area contributed by atoms with Gasteiger partial charge in [-0.15, -0.1) is 0 Å². The molecule has 15 nitrogen and oxygen atoms in total. The zero-order valence-corrected chi connectivity index (χ0v) is 29.3. The van der Waals surface area contributed by atoms with Crippen LogP contribution < -0.4 is 80.2 Å². The molecule has 20 heteroatoms. The molecule has 1 aromatic heterocycles. The SMILES string of the molecule is COc1nc(Cl)nc(Nc2ccc(Nc3cc(S(=O)(=O)[O-])c(N)c4c3C(=O)c3ccccc3C4=O)cc2S(=O)(=O)[O-])n1.[Na+].[Na+]. The van der Waals surface area contributed by atoms with Crippen molar-refractivity contribution in [3.63, 3.8) is 0 Å². The number of nitrogen functional groups attached to an aromatic ring is 1. The van der Waals surface area contributed by atoms with Crippen LogP contribution in [0.25, 0.3) is 0 Å². The van der Waals surface area contributed by atoms with Crippen molar-refractivity contribution >= 4 is 72.1 Å². The number of aromatic nitrogens is 3. The van der Waals surface area contributed by atoms with Crippen molar-refractivity contribution in [2.75, 3.05) is 23.5 Å². The predicted octanol–water partition coefficient (Wildman–Crippen LogP) is -3.81. The zero-order valence-electron chi connectivity index (χ0n) is 22.9. The summed E-state index contributed by atoms with van der Waals surface area (Å²) in [6.07, 6.45) is 0. The molecule has 1 aliphatic rings. The van der Waals surface area contributed by atoms with Gasteiger partial charge in [0.2, 0.25) is 11.2 Å². The molecule has 4 aromatic rings. The topological polar surface area (TPSA) is 247 Å². The van der Waals surface area contributed by atoms with E-state index in [1.807, 2.05) is 0 Å². The number of hydrogen-bond acceptors (Lipinski definition) is 15. The number of hydrogen-bond donors (Lipinski definition) is 3. The molecule has 0 saturated heterocycles. The van der Waals surface area contributed by atoms with Gasteiger partial charge in [0.15, 0.2) is 11.6 Å². The van der Waals surface area contributed by atoms with Gasteiger partial charge in [-0.1, -0.05) is 24.3 Å². The molecule has 0 radical (unpaired) electrons. The number of nitrogens with one attached hydrogen (secondary N) is 2. The van der Waals surface area contributed by atoms with Crippen molar-refractivity contribution in [1.29, 1.82) is 0 Å². The summed E-state index contributed by atoms with van der Waals surface area (Å²) in [5.74, 6) is -1.79. The van der Waals surface area contributed by atoms with Crippen molar-refractivity contribution in [3.8, 4) is 6.01 Å². The summed E-state index contributed by atoms with van der Waals surface area (Å²) >= 11 is 5.81. The second-order valence-corrected chi connectivity index (χ2v) is 11.6. The first-order valence-corrected chi connectivity index (χ1v) is 14.6. The summed E-state index contributed by atoms with van der Waals surface area (Å²) in [7, 11) is -9.19. The van der Waals surface area contributed by atoms with Crippen LogP contribution in [0.4, 0.5) is 28.7 Å². The van der Waals surface area contributed by atoms with Crippen molar-refractivity contribution in [2.45, 2.75) is 9.79 Å². The fraction of sp³-hybridized carbons (Fsp3) is 0.0417. The molecule has 0 bridgehead atoms. The second-order valence-electron chi connectivity index (χ2n) is 8.57. The summed E-state index contributed by atoms with van der Waals surface area (Å²) in [6, 6.07) is 9.50. The fourth-order valence-corrected chi connectivity index (χ4v) is 5.71. The van der Waals surface area contributed by atoms with Gasteiger partial charge in [-0.3, -0.25) is 9.59 Å². The first kappa shape index (κ1) is 35.8. The predicted molar refractivity (Wildman–Crippen MR) is 144 cm³/mol. The van der Waals surface area contributed by atoms with E-state index >= 15 is 0 Å². The number of ketones is 2. The van der Waals surface area contributed by atoms with Gasteiger partial charge >= 0.3 is 65.1 Å². The maximum Gasteiger partial charge on any atom is 1.00 e. The summed E-state index contributed by atoms with van der Waals surface area (Å²) in [5, 5.41) is 4.87. The Hall–Kier alpha value is -2.68.